The molecule has 0 saturated carbocycles. The van der Waals surface area contributed by atoms with Crippen molar-refractivity contribution < 1.29 is 14.1 Å². The van der Waals surface area contributed by atoms with Crippen LogP contribution < -0.4 is 5.32 Å². The van der Waals surface area contributed by atoms with Crippen LogP contribution in [-0.2, 0) is 11.2 Å². The van der Waals surface area contributed by atoms with Crippen molar-refractivity contribution >= 4 is 22.4 Å². The van der Waals surface area contributed by atoms with Gasteiger partial charge in [0, 0.05) is 29.2 Å². The number of carbonyl (C=O) groups excluding carboxylic acids is 1. The smallest absolute Gasteiger partial charge is 0.257 e. The van der Waals surface area contributed by atoms with Gasteiger partial charge in [-0.1, -0.05) is 29.4 Å². The third-order valence-corrected chi connectivity index (χ3v) is 5.25. The van der Waals surface area contributed by atoms with Crippen molar-refractivity contribution in [3.63, 3.8) is 0 Å². The molecule has 0 bridgehead atoms. The van der Waals surface area contributed by atoms with Crippen molar-refractivity contribution in [3.8, 4) is 22.7 Å². The van der Waals surface area contributed by atoms with Crippen LogP contribution in [-0.4, -0.2) is 34.7 Å². The number of aryl methyl sites for hydroxylation is 1. The summed E-state index contributed by atoms with van der Waals surface area (Å²) in [7, 11) is 1.70. The van der Waals surface area contributed by atoms with Crippen LogP contribution >= 0.6 is 11.3 Å². The molecule has 30 heavy (non-hydrogen) atoms. The molecule has 0 radical (unpaired) electrons. The zero-order chi connectivity index (χ0) is 20.9. The van der Waals surface area contributed by atoms with E-state index in [2.05, 4.69) is 32.6 Å². The Kier molecular flexibility index (Phi) is 5.97. The van der Waals surface area contributed by atoms with E-state index in [1.807, 2.05) is 17.5 Å². The minimum atomic E-state index is -0.223. The second-order valence-corrected chi connectivity index (χ2v) is 7.51. The Hall–Kier alpha value is -3.36. The van der Waals surface area contributed by atoms with Gasteiger partial charge in [0.2, 0.25) is 0 Å². The maximum absolute atomic E-state index is 12.5. The van der Waals surface area contributed by atoms with E-state index in [-0.39, 0.29) is 5.91 Å². The van der Waals surface area contributed by atoms with Crippen molar-refractivity contribution in [2.24, 2.45) is 0 Å². The monoisotopic (exact) mass is 420 g/mol. The van der Waals surface area contributed by atoms with Crippen LogP contribution in [0.5, 0.6) is 0 Å². The summed E-state index contributed by atoms with van der Waals surface area (Å²) < 4.78 is 10.2. The van der Waals surface area contributed by atoms with Gasteiger partial charge in [0.25, 0.3) is 11.8 Å². The van der Waals surface area contributed by atoms with Gasteiger partial charge in [0.05, 0.1) is 12.3 Å². The second-order valence-electron chi connectivity index (χ2n) is 6.66. The number of thiazole rings is 1. The lowest BCUT2D eigenvalue weighted by Gasteiger charge is -2.03. The Balaban J connectivity index is 1.41. The van der Waals surface area contributed by atoms with Crippen LogP contribution in [0.3, 0.4) is 0 Å². The average Bonchev–Trinajstić information content (AvgIpc) is 3.42. The Morgan fingerprint density at radius 3 is 2.47 bits per heavy atom. The van der Waals surface area contributed by atoms with E-state index < -0.39 is 0 Å². The lowest BCUT2D eigenvalue weighted by atomic mass is 10.1. The van der Waals surface area contributed by atoms with Gasteiger partial charge < -0.3 is 9.26 Å². The molecule has 2 heterocycles. The predicted molar refractivity (Wildman–Crippen MR) is 116 cm³/mol. The third kappa shape index (κ3) is 4.61. The predicted octanol–water partition coefficient (Wildman–Crippen LogP) is 4.61. The number of amides is 1. The molecule has 0 aliphatic heterocycles. The summed E-state index contributed by atoms with van der Waals surface area (Å²) >= 11 is 1.39. The maximum Gasteiger partial charge on any atom is 0.257 e. The molecule has 152 valence electrons. The molecule has 7 nitrogen and oxygen atoms in total. The number of hydrogen-bond acceptors (Lipinski definition) is 7. The van der Waals surface area contributed by atoms with E-state index in [1.54, 1.807) is 38.3 Å². The van der Waals surface area contributed by atoms with Crippen LogP contribution in [0.1, 0.15) is 21.7 Å². The molecule has 2 aromatic carbocycles. The van der Waals surface area contributed by atoms with Gasteiger partial charge in [-0.15, -0.1) is 11.3 Å². The Labute approximate surface area is 177 Å². The summed E-state index contributed by atoms with van der Waals surface area (Å²) in [5, 5.41) is 9.11. The minimum Gasteiger partial charge on any atom is -0.384 e. The van der Waals surface area contributed by atoms with Gasteiger partial charge >= 0.3 is 0 Å². The summed E-state index contributed by atoms with van der Waals surface area (Å²) in [5.74, 6) is 0.771. The molecule has 0 aliphatic carbocycles. The minimum absolute atomic E-state index is 0.223. The highest BCUT2D eigenvalue weighted by Crippen LogP contribution is 2.26. The first-order chi connectivity index (χ1) is 14.6. The molecule has 0 spiro atoms. The summed E-state index contributed by atoms with van der Waals surface area (Å²) in [6.07, 6.45) is 0.875. The van der Waals surface area contributed by atoms with Crippen molar-refractivity contribution in [3.05, 3.63) is 70.9 Å². The first kappa shape index (κ1) is 19.9. The van der Waals surface area contributed by atoms with Crippen LogP contribution in [0.15, 0.2) is 58.4 Å². The number of hydrogen-bond donors (Lipinski definition) is 1. The molecule has 0 aliphatic rings. The van der Waals surface area contributed by atoms with E-state index in [4.69, 9.17) is 9.26 Å². The zero-order valence-electron chi connectivity index (χ0n) is 16.6. The number of benzene rings is 2. The highest BCUT2D eigenvalue weighted by molar-refractivity contribution is 7.14. The summed E-state index contributed by atoms with van der Waals surface area (Å²) in [4.78, 5) is 21.3. The van der Waals surface area contributed by atoms with Crippen molar-refractivity contribution in [1.29, 1.82) is 0 Å². The standard InChI is InChI=1S/C22H20N4O3S/c1-14-23-21(29-26-14)18-9-7-17(8-10-18)20(27)25-22-24-19(13-30-22)16-5-3-15(4-6-16)11-12-28-2/h3-10,13H,11-12H2,1-2H3,(H,24,25,27). The van der Waals surface area contributed by atoms with Crippen molar-refractivity contribution in [2.75, 3.05) is 19.0 Å². The molecule has 0 saturated heterocycles. The number of anilines is 1. The zero-order valence-corrected chi connectivity index (χ0v) is 17.4. The molecule has 0 unspecified atom stereocenters. The summed E-state index contributed by atoms with van der Waals surface area (Å²) in [6, 6.07) is 15.2. The molecule has 0 fully saturated rings. The van der Waals surface area contributed by atoms with Crippen LogP contribution in [0, 0.1) is 6.92 Å². The second kappa shape index (κ2) is 8.98. The van der Waals surface area contributed by atoms with Crippen LogP contribution in [0.25, 0.3) is 22.7 Å². The number of ether oxygens (including phenoxy) is 1. The average molecular weight is 420 g/mol. The number of nitrogens with one attached hydrogen (secondary N) is 1. The topological polar surface area (TPSA) is 90.1 Å². The van der Waals surface area contributed by atoms with Crippen LogP contribution in [0.4, 0.5) is 5.13 Å². The quantitative estimate of drug-likeness (QED) is 0.470. The van der Waals surface area contributed by atoms with E-state index in [0.29, 0.717) is 29.0 Å². The van der Waals surface area contributed by atoms with Gasteiger partial charge in [0.1, 0.15) is 0 Å². The van der Waals surface area contributed by atoms with Gasteiger partial charge in [0.15, 0.2) is 11.0 Å². The Bertz CT molecular complexity index is 1130. The Morgan fingerprint density at radius 2 is 1.80 bits per heavy atom. The molecule has 2 aromatic heterocycles. The normalized spacial score (nSPS) is 10.9. The Morgan fingerprint density at radius 1 is 1.07 bits per heavy atom. The maximum atomic E-state index is 12.5. The molecule has 0 atom stereocenters. The number of carbonyl (C=O) groups is 1. The third-order valence-electron chi connectivity index (χ3n) is 4.49. The SMILES string of the molecule is COCCc1ccc(-c2csc(NC(=O)c3ccc(-c4nc(C)no4)cc3)n2)cc1. The number of rotatable bonds is 7. The molecular formula is C22H20N4O3S. The first-order valence-electron chi connectivity index (χ1n) is 9.38. The highest BCUT2D eigenvalue weighted by atomic mass is 32.1. The fourth-order valence-electron chi connectivity index (χ4n) is 2.87. The van der Waals surface area contributed by atoms with Gasteiger partial charge in [-0.25, -0.2) is 4.98 Å². The number of aromatic nitrogens is 3. The van der Waals surface area contributed by atoms with Gasteiger partial charge in [-0.05, 0) is 43.2 Å². The molecule has 4 aromatic rings. The fraction of sp³-hybridized carbons (Fsp3) is 0.182. The van der Waals surface area contributed by atoms with E-state index in [1.165, 1.54) is 16.9 Å². The summed E-state index contributed by atoms with van der Waals surface area (Å²) in [6.45, 7) is 2.45. The summed E-state index contributed by atoms with van der Waals surface area (Å²) in [5.41, 5.74) is 4.33. The molecule has 4 rings (SSSR count). The fourth-order valence-corrected chi connectivity index (χ4v) is 3.59. The van der Waals surface area contributed by atoms with E-state index >= 15 is 0 Å². The molecule has 1 N–H and O–H groups in total. The number of methoxy groups -OCH3 is 1. The highest BCUT2D eigenvalue weighted by Gasteiger charge is 2.12. The lowest BCUT2D eigenvalue weighted by Crippen LogP contribution is -2.11. The number of nitrogens with zero attached hydrogens (tertiary/aromatic N) is 3. The van der Waals surface area contributed by atoms with Crippen LogP contribution in [0.2, 0.25) is 0 Å². The van der Waals surface area contributed by atoms with Gasteiger partial charge in [-0.3, -0.25) is 10.1 Å². The lowest BCUT2D eigenvalue weighted by molar-refractivity contribution is 0.102. The molecular weight excluding hydrogens is 400 g/mol. The molecule has 8 heteroatoms. The van der Waals surface area contributed by atoms with Crippen molar-refractivity contribution in [2.45, 2.75) is 13.3 Å². The molecule has 1 amide bonds. The van der Waals surface area contributed by atoms with Crippen molar-refractivity contribution in [1.82, 2.24) is 15.1 Å². The van der Waals surface area contributed by atoms with Gasteiger partial charge in [-0.2, -0.15) is 4.98 Å². The largest absolute Gasteiger partial charge is 0.384 e. The van der Waals surface area contributed by atoms with E-state index in [9.17, 15) is 4.79 Å². The van der Waals surface area contributed by atoms with E-state index in [0.717, 1.165) is 23.2 Å². The first-order valence-corrected chi connectivity index (χ1v) is 10.3.